The normalized spacial score (nSPS) is 12.1. The zero-order valence-electron chi connectivity index (χ0n) is 9.51. The monoisotopic (exact) mass is 231 g/mol. The highest BCUT2D eigenvalue weighted by Gasteiger charge is 2.32. The van der Waals surface area contributed by atoms with Crippen molar-refractivity contribution in [1.29, 1.82) is 0 Å². The molecular formula is C12H16F3N. The molecule has 0 heterocycles. The van der Waals surface area contributed by atoms with E-state index in [1.54, 1.807) is 12.1 Å². The molecule has 90 valence electrons. The van der Waals surface area contributed by atoms with Gasteiger partial charge in [-0.1, -0.05) is 25.1 Å². The maximum atomic E-state index is 12.6. The van der Waals surface area contributed by atoms with Crippen LogP contribution in [0.15, 0.2) is 24.3 Å². The zero-order valence-corrected chi connectivity index (χ0v) is 9.51. The van der Waals surface area contributed by atoms with E-state index >= 15 is 0 Å². The van der Waals surface area contributed by atoms with Crippen molar-refractivity contribution in [2.45, 2.75) is 19.5 Å². The summed E-state index contributed by atoms with van der Waals surface area (Å²) in [6, 6.07) is 5.76. The lowest BCUT2D eigenvalue weighted by molar-refractivity contribution is -0.138. The molecule has 0 spiro atoms. The molecule has 1 rings (SSSR count). The van der Waals surface area contributed by atoms with E-state index in [0.29, 0.717) is 18.5 Å². The average Bonchev–Trinajstić information content (AvgIpc) is 2.25. The standard InChI is InChI=1S/C12H16F3N/c1-3-16(2)9-8-10-6-4-5-7-11(10)12(13,14)15/h4-7H,3,8-9H2,1-2H3. The fourth-order valence-corrected chi connectivity index (χ4v) is 1.48. The van der Waals surface area contributed by atoms with Gasteiger partial charge in [-0.3, -0.25) is 0 Å². The van der Waals surface area contributed by atoms with Crippen LogP contribution in [0.4, 0.5) is 13.2 Å². The van der Waals surface area contributed by atoms with Gasteiger partial charge in [0.1, 0.15) is 0 Å². The molecule has 4 heteroatoms. The van der Waals surface area contributed by atoms with Crippen molar-refractivity contribution in [2.24, 2.45) is 0 Å². The fourth-order valence-electron chi connectivity index (χ4n) is 1.48. The molecule has 0 saturated carbocycles. The molecule has 0 aliphatic heterocycles. The van der Waals surface area contributed by atoms with Crippen LogP contribution in [0.25, 0.3) is 0 Å². The van der Waals surface area contributed by atoms with E-state index < -0.39 is 11.7 Å². The highest BCUT2D eigenvalue weighted by Crippen LogP contribution is 2.31. The lowest BCUT2D eigenvalue weighted by Gasteiger charge is -2.16. The second-order valence-corrected chi connectivity index (χ2v) is 3.80. The Labute approximate surface area is 93.9 Å². The topological polar surface area (TPSA) is 3.24 Å². The summed E-state index contributed by atoms with van der Waals surface area (Å²) in [7, 11) is 1.90. The van der Waals surface area contributed by atoms with Gasteiger partial charge < -0.3 is 4.90 Å². The third-order valence-electron chi connectivity index (χ3n) is 2.63. The number of alkyl halides is 3. The highest BCUT2D eigenvalue weighted by molar-refractivity contribution is 5.29. The van der Waals surface area contributed by atoms with Gasteiger partial charge in [0, 0.05) is 6.54 Å². The highest BCUT2D eigenvalue weighted by atomic mass is 19.4. The van der Waals surface area contributed by atoms with Gasteiger partial charge in [0.05, 0.1) is 5.56 Å². The summed E-state index contributed by atoms with van der Waals surface area (Å²) in [6.07, 6.45) is -3.82. The van der Waals surface area contributed by atoms with Gasteiger partial charge in [-0.2, -0.15) is 13.2 Å². The van der Waals surface area contributed by atoms with E-state index in [-0.39, 0.29) is 0 Å². The van der Waals surface area contributed by atoms with Crippen molar-refractivity contribution in [3.63, 3.8) is 0 Å². The van der Waals surface area contributed by atoms with Crippen LogP contribution in [-0.4, -0.2) is 25.0 Å². The number of hydrogen-bond acceptors (Lipinski definition) is 1. The molecule has 16 heavy (non-hydrogen) atoms. The quantitative estimate of drug-likeness (QED) is 0.769. The molecule has 0 aromatic heterocycles. The van der Waals surface area contributed by atoms with Crippen LogP contribution >= 0.6 is 0 Å². The van der Waals surface area contributed by atoms with Gasteiger partial charge in [-0.25, -0.2) is 0 Å². The van der Waals surface area contributed by atoms with Crippen molar-refractivity contribution in [2.75, 3.05) is 20.1 Å². The Morgan fingerprint density at radius 2 is 1.81 bits per heavy atom. The second-order valence-electron chi connectivity index (χ2n) is 3.80. The first-order valence-electron chi connectivity index (χ1n) is 5.28. The molecule has 0 aliphatic carbocycles. The number of nitrogens with zero attached hydrogens (tertiary/aromatic N) is 1. The first kappa shape index (κ1) is 13.0. The average molecular weight is 231 g/mol. The lowest BCUT2D eigenvalue weighted by atomic mass is 10.0. The number of benzene rings is 1. The summed E-state index contributed by atoms with van der Waals surface area (Å²) in [5, 5.41) is 0. The first-order chi connectivity index (χ1) is 7.45. The minimum absolute atomic E-state index is 0.371. The van der Waals surface area contributed by atoms with Gasteiger partial charge in [-0.15, -0.1) is 0 Å². The van der Waals surface area contributed by atoms with E-state index in [2.05, 4.69) is 0 Å². The summed E-state index contributed by atoms with van der Waals surface area (Å²) in [5.41, 5.74) is -0.144. The summed E-state index contributed by atoms with van der Waals surface area (Å²) in [5.74, 6) is 0. The van der Waals surface area contributed by atoms with Crippen molar-refractivity contribution in [1.82, 2.24) is 4.90 Å². The van der Waals surface area contributed by atoms with Crippen LogP contribution in [0.2, 0.25) is 0 Å². The largest absolute Gasteiger partial charge is 0.416 e. The number of likely N-dealkylation sites (N-methyl/N-ethyl adjacent to an activating group) is 1. The number of hydrogen-bond donors (Lipinski definition) is 0. The Morgan fingerprint density at radius 1 is 1.19 bits per heavy atom. The molecular weight excluding hydrogens is 215 g/mol. The van der Waals surface area contributed by atoms with Crippen LogP contribution in [0, 0.1) is 0 Å². The van der Waals surface area contributed by atoms with Gasteiger partial charge >= 0.3 is 6.18 Å². The molecule has 0 aliphatic rings. The molecule has 1 aromatic rings. The predicted molar refractivity (Wildman–Crippen MR) is 58.3 cm³/mol. The Hall–Kier alpha value is -1.03. The molecule has 1 nitrogen and oxygen atoms in total. The second kappa shape index (κ2) is 5.34. The maximum absolute atomic E-state index is 12.6. The van der Waals surface area contributed by atoms with Crippen LogP contribution in [0.3, 0.4) is 0 Å². The van der Waals surface area contributed by atoms with Gasteiger partial charge in [-0.05, 0) is 31.6 Å². The Balaban J connectivity index is 2.80. The van der Waals surface area contributed by atoms with Crippen LogP contribution in [0.5, 0.6) is 0 Å². The Bertz CT molecular complexity index is 333. The summed E-state index contributed by atoms with van der Waals surface area (Å²) >= 11 is 0. The molecule has 0 fully saturated rings. The SMILES string of the molecule is CCN(C)CCc1ccccc1C(F)(F)F. The predicted octanol–water partition coefficient (Wildman–Crippen LogP) is 3.20. The zero-order chi connectivity index (χ0) is 12.2. The van der Waals surface area contributed by atoms with Gasteiger partial charge in [0.25, 0.3) is 0 Å². The van der Waals surface area contributed by atoms with E-state index in [4.69, 9.17) is 0 Å². The van der Waals surface area contributed by atoms with Crippen LogP contribution in [-0.2, 0) is 12.6 Å². The number of rotatable bonds is 4. The fraction of sp³-hybridized carbons (Fsp3) is 0.500. The van der Waals surface area contributed by atoms with Crippen molar-refractivity contribution in [3.05, 3.63) is 35.4 Å². The smallest absolute Gasteiger partial charge is 0.306 e. The lowest BCUT2D eigenvalue weighted by Crippen LogP contribution is -2.21. The van der Waals surface area contributed by atoms with E-state index in [1.807, 2.05) is 18.9 Å². The van der Waals surface area contributed by atoms with Crippen molar-refractivity contribution >= 4 is 0 Å². The third kappa shape index (κ3) is 3.52. The minimum Gasteiger partial charge on any atom is -0.306 e. The molecule has 0 amide bonds. The van der Waals surface area contributed by atoms with Gasteiger partial charge in [0.15, 0.2) is 0 Å². The van der Waals surface area contributed by atoms with E-state index in [1.165, 1.54) is 6.07 Å². The number of halogens is 3. The Kier molecular flexibility index (Phi) is 4.35. The summed E-state index contributed by atoms with van der Waals surface area (Å²) < 4.78 is 37.9. The molecule has 1 aromatic carbocycles. The molecule has 0 atom stereocenters. The van der Waals surface area contributed by atoms with E-state index in [9.17, 15) is 13.2 Å². The molecule has 0 N–H and O–H groups in total. The minimum atomic E-state index is -4.25. The first-order valence-corrected chi connectivity index (χ1v) is 5.28. The molecule has 0 saturated heterocycles. The maximum Gasteiger partial charge on any atom is 0.416 e. The summed E-state index contributed by atoms with van der Waals surface area (Å²) in [4.78, 5) is 1.99. The van der Waals surface area contributed by atoms with Crippen molar-refractivity contribution < 1.29 is 13.2 Å². The molecule has 0 radical (unpaired) electrons. The van der Waals surface area contributed by atoms with Gasteiger partial charge in [0.2, 0.25) is 0 Å². The summed E-state index contributed by atoms with van der Waals surface area (Å²) in [6.45, 7) is 3.47. The third-order valence-corrected chi connectivity index (χ3v) is 2.63. The molecule has 0 bridgehead atoms. The van der Waals surface area contributed by atoms with Crippen LogP contribution in [0.1, 0.15) is 18.1 Å². The van der Waals surface area contributed by atoms with Crippen LogP contribution < -0.4 is 0 Å². The van der Waals surface area contributed by atoms with E-state index in [0.717, 1.165) is 12.6 Å². The Morgan fingerprint density at radius 3 is 2.38 bits per heavy atom. The molecule has 0 unspecified atom stereocenters. The van der Waals surface area contributed by atoms with Crippen molar-refractivity contribution in [3.8, 4) is 0 Å².